The molecule has 1 aromatic carbocycles. The van der Waals surface area contributed by atoms with Crippen molar-refractivity contribution in [3.8, 4) is 5.75 Å². The van der Waals surface area contributed by atoms with Crippen molar-refractivity contribution in [2.75, 3.05) is 6.54 Å². The molecule has 0 fully saturated rings. The van der Waals surface area contributed by atoms with Crippen LogP contribution in [0.25, 0.3) is 11.0 Å². The van der Waals surface area contributed by atoms with E-state index in [1.807, 2.05) is 12.1 Å². The normalized spacial score (nSPS) is 13.7. The lowest BCUT2D eigenvalue weighted by molar-refractivity contribution is 0.474. The van der Waals surface area contributed by atoms with Crippen LogP contribution in [-0.4, -0.2) is 11.7 Å². The minimum Gasteiger partial charge on any atom is -0.507 e. The van der Waals surface area contributed by atoms with Gasteiger partial charge in [-0.15, -0.1) is 12.4 Å². The number of hydrogen-bond donors (Lipinski definition) is 2. The number of unbranched alkanes of at least 4 members (excludes halogenated alkanes) is 2. The molecule has 0 radical (unpaired) electrons. The quantitative estimate of drug-likeness (QED) is 0.669. The molecule has 2 aromatic rings. The van der Waals surface area contributed by atoms with Crippen LogP contribution in [0.3, 0.4) is 0 Å². The Morgan fingerprint density at radius 3 is 2.86 bits per heavy atom. The zero-order valence-electron chi connectivity index (χ0n) is 12.8. The third-order valence-corrected chi connectivity index (χ3v) is 4.18. The number of aryl methyl sites for hydroxylation is 1. The third-order valence-electron chi connectivity index (χ3n) is 4.18. The highest BCUT2D eigenvalue weighted by atomic mass is 35.5. The van der Waals surface area contributed by atoms with Crippen LogP contribution in [0.5, 0.6) is 5.75 Å². The summed E-state index contributed by atoms with van der Waals surface area (Å²) in [5.41, 5.74) is 2.87. The topological polar surface area (TPSA) is 62.5 Å². The van der Waals surface area contributed by atoms with E-state index in [9.17, 15) is 9.90 Å². The van der Waals surface area contributed by atoms with E-state index in [1.165, 1.54) is 6.42 Å². The average Bonchev–Trinajstić information content (AvgIpc) is 2.47. The van der Waals surface area contributed by atoms with Crippen LogP contribution in [-0.2, 0) is 19.4 Å². The van der Waals surface area contributed by atoms with Gasteiger partial charge < -0.3 is 14.8 Å². The number of fused-ring (bicyclic) bond motifs is 3. The molecule has 1 aliphatic heterocycles. The van der Waals surface area contributed by atoms with E-state index < -0.39 is 0 Å². The van der Waals surface area contributed by atoms with Crippen molar-refractivity contribution in [2.45, 2.75) is 45.6 Å². The number of aromatic hydroxyl groups is 1. The molecule has 0 saturated carbocycles. The standard InChI is InChI=1S/C17H21NO3.ClH/c1-2-3-4-5-11-8-14(19)16-12-6-7-18-10-13(12)17(20)21-15(16)9-11;/h8-9,18-19H,2-7,10H2,1H3;1H. The van der Waals surface area contributed by atoms with Crippen LogP contribution >= 0.6 is 12.4 Å². The van der Waals surface area contributed by atoms with Gasteiger partial charge in [-0.25, -0.2) is 4.79 Å². The molecule has 4 nitrogen and oxygen atoms in total. The largest absolute Gasteiger partial charge is 0.507 e. The van der Waals surface area contributed by atoms with Crippen molar-refractivity contribution in [1.82, 2.24) is 5.32 Å². The Balaban J connectivity index is 0.00000176. The second kappa shape index (κ2) is 7.16. The molecule has 0 atom stereocenters. The van der Waals surface area contributed by atoms with Crippen molar-refractivity contribution in [2.24, 2.45) is 0 Å². The Bertz CT molecular complexity index is 724. The van der Waals surface area contributed by atoms with Gasteiger partial charge in [-0.1, -0.05) is 19.8 Å². The molecule has 22 heavy (non-hydrogen) atoms. The molecule has 0 aliphatic carbocycles. The summed E-state index contributed by atoms with van der Waals surface area (Å²) in [5.74, 6) is 0.237. The Labute approximate surface area is 135 Å². The Morgan fingerprint density at radius 2 is 2.09 bits per heavy atom. The summed E-state index contributed by atoms with van der Waals surface area (Å²) < 4.78 is 5.43. The Morgan fingerprint density at radius 1 is 1.27 bits per heavy atom. The van der Waals surface area contributed by atoms with E-state index in [1.54, 1.807) is 0 Å². The number of rotatable bonds is 4. The SMILES string of the molecule is CCCCCc1cc(O)c2c3c(c(=O)oc2c1)CNCC3.Cl. The number of phenols is 1. The Hall–Kier alpha value is -1.52. The smallest absolute Gasteiger partial charge is 0.341 e. The lowest BCUT2D eigenvalue weighted by Crippen LogP contribution is -2.29. The Kier molecular flexibility index (Phi) is 5.48. The molecule has 2 N–H and O–H groups in total. The molecule has 0 spiro atoms. The highest BCUT2D eigenvalue weighted by Crippen LogP contribution is 2.32. The molecule has 1 aliphatic rings. The molecule has 0 amide bonds. The summed E-state index contributed by atoms with van der Waals surface area (Å²) in [6.45, 7) is 3.51. The number of nitrogens with one attached hydrogen (secondary N) is 1. The van der Waals surface area contributed by atoms with Gasteiger partial charge in [-0.05, 0) is 49.1 Å². The van der Waals surface area contributed by atoms with Gasteiger partial charge >= 0.3 is 5.63 Å². The van der Waals surface area contributed by atoms with Gasteiger partial charge in [0.1, 0.15) is 11.3 Å². The molecule has 0 unspecified atom stereocenters. The van der Waals surface area contributed by atoms with Gasteiger partial charge in [0.25, 0.3) is 0 Å². The van der Waals surface area contributed by atoms with Gasteiger partial charge in [-0.2, -0.15) is 0 Å². The molecule has 0 saturated heterocycles. The van der Waals surface area contributed by atoms with E-state index >= 15 is 0 Å². The van der Waals surface area contributed by atoms with Crippen LogP contribution in [0.4, 0.5) is 0 Å². The fourth-order valence-corrected chi connectivity index (χ4v) is 3.08. The monoisotopic (exact) mass is 323 g/mol. The molecular weight excluding hydrogens is 302 g/mol. The van der Waals surface area contributed by atoms with E-state index in [0.717, 1.165) is 43.4 Å². The second-order valence-electron chi connectivity index (χ2n) is 5.72. The molecule has 2 heterocycles. The maximum Gasteiger partial charge on any atom is 0.341 e. The van der Waals surface area contributed by atoms with E-state index in [4.69, 9.17) is 4.42 Å². The molecule has 1 aromatic heterocycles. The summed E-state index contributed by atoms with van der Waals surface area (Å²) in [4.78, 5) is 12.1. The van der Waals surface area contributed by atoms with Gasteiger partial charge in [0.15, 0.2) is 0 Å². The fourth-order valence-electron chi connectivity index (χ4n) is 3.08. The van der Waals surface area contributed by atoms with Crippen LogP contribution in [0.2, 0.25) is 0 Å². The molecule has 3 rings (SSSR count). The maximum absolute atomic E-state index is 12.1. The number of benzene rings is 1. The lowest BCUT2D eigenvalue weighted by atomic mass is 9.96. The van der Waals surface area contributed by atoms with Gasteiger partial charge in [0, 0.05) is 6.54 Å². The van der Waals surface area contributed by atoms with Crippen LogP contribution in [0.15, 0.2) is 21.3 Å². The molecule has 120 valence electrons. The first kappa shape index (κ1) is 16.8. The first-order valence-electron chi connectivity index (χ1n) is 7.72. The second-order valence-corrected chi connectivity index (χ2v) is 5.72. The first-order chi connectivity index (χ1) is 10.2. The zero-order valence-corrected chi connectivity index (χ0v) is 13.6. The summed E-state index contributed by atoms with van der Waals surface area (Å²) in [7, 11) is 0. The van der Waals surface area contributed by atoms with Crippen molar-refractivity contribution < 1.29 is 9.52 Å². The number of phenolic OH excluding ortho intramolecular Hbond substituents is 1. The van der Waals surface area contributed by atoms with E-state index in [2.05, 4.69) is 12.2 Å². The van der Waals surface area contributed by atoms with Crippen molar-refractivity contribution in [3.63, 3.8) is 0 Å². The van der Waals surface area contributed by atoms with E-state index in [0.29, 0.717) is 23.1 Å². The maximum atomic E-state index is 12.1. The predicted molar refractivity (Wildman–Crippen MR) is 90.0 cm³/mol. The fraction of sp³-hybridized carbons (Fsp3) is 0.471. The van der Waals surface area contributed by atoms with E-state index in [-0.39, 0.29) is 23.8 Å². The highest BCUT2D eigenvalue weighted by molar-refractivity contribution is 5.88. The predicted octanol–water partition coefficient (Wildman–Crippen LogP) is 3.30. The first-order valence-corrected chi connectivity index (χ1v) is 7.72. The zero-order chi connectivity index (χ0) is 14.8. The van der Waals surface area contributed by atoms with Crippen molar-refractivity contribution >= 4 is 23.4 Å². The van der Waals surface area contributed by atoms with Gasteiger partial charge in [0.2, 0.25) is 0 Å². The molecule has 0 bridgehead atoms. The molecule has 5 heteroatoms. The average molecular weight is 324 g/mol. The summed E-state index contributed by atoms with van der Waals surface area (Å²) >= 11 is 0. The number of hydrogen-bond acceptors (Lipinski definition) is 4. The minimum atomic E-state index is -0.283. The minimum absolute atomic E-state index is 0. The van der Waals surface area contributed by atoms with Crippen LogP contribution in [0, 0.1) is 0 Å². The summed E-state index contributed by atoms with van der Waals surface area (Å²) in [6, 6.07) is 3.73. The number of halogens is 1. The third kappa shape index (κ3) is 3.13. The molecular formula is C17H22ClNO3. The van der Waals surface area contributed by atoms with Gasteiger partial charge in [-0.3, -0.25) is 0 Å². The van der Waals surface area contributed by atoms with Gasteiger partial charge in [0.05, 0.1) is 10.9 Å². The van der Waals surface area contributed by atoms with Crippen LogP contribution < -0.4 is 10.9 Å². The lowest BCUT2D eigenvalue weighted by Gasteiger charge is -2.18. The summed E-state index contributed by atoms with van der Waals surface area (Å²) in [6.07, 6.45) is 5.06. The van der Waals surface area contributed by atoms with Crippen molar-refractivity contribution in [3.05, 3.63) is 39.2 Å². The highest BCUT2D eigenvalue weighted by Gasteiger charge is 2.20. The van der Waals surface area contributed by atoms with Crippen LogP contribution in [0.1, 0.15) is 42.9 Å². The van der Waals surface area contributed by atoms with Crippen molar-refractivity contribution in [1.29, 1.82) is 0 Å². The summed E-state index contributed by atoms with van der Waals surface area (Å²) in [5, 5.41) is 14.3.